The Hall–Kier alpha value is -2.51. The predicted octanol–water partition coefficient (Wildman–Crippen LogP) is 6.90. The van der Waals surface area contributed by atoms with Crippen molar-refractivity contribution in [3.8, 4) is 11.3 Å². The normalized spacial score (nSPS) is 14.4. The zero-order chi connectivity index (χ0) is 25.2. The Balaban J connectivity index is 1.23. The van der Waals surface area contributed by atoms with Gasteiger partial charge >= 0.3 is 0 Å². The number of amides is 1. The minimum Gasteiger partial charge on any atom is -0.370 e. The first-order valence-electron chi connectivity index (χ1n) is 11.6. The summed E-state index contributed by atoms with van der Waals surface area (Å²) in [5.41, 5.74) is 2.99. The second kappa shape index (κ2) is 10.9. The zero-order valence-corrected chi connectivity index (χ0v) is 22.2. The van der Waals surface area contributed by atoms with Gasteiger partial charge in [0.15, 0.2) is 5.65 Å². The van der Waals surface area contributed by atoms with Crippen LogP contribution in [-0.4, -0.2) is 45.0 Å². The third-order valence-electron chi connectivity index (χ3n) is 6.46. The SMILES string of the molecule is O=C(Cc1ccc(Cl)c(Cl)c1)N1CCC(CNc2cc(-c3ccccc3Cl)nc3c(Cl)cnn23)CC1. The Morgan fingerprint density at radius 1 is 0.944 bits per heavy atom. The number of carbonyl (C=O) groups is 1. The van der Waals surface area contributed by atoms with Crippen molar-refractivity contribution in [1.82, 2.24) is 19.5 Å². The Morgan fingerprint density at radius 3 is 2.47 bits per heavy atom. The number of piperidine rings is 1. The standard InChI is InChI=1S/C26H23Cl4N5O/c27-19-4-2-1-3-18(19)23-13-24(35-26(33-23)22(30)15-32-35)31-14-16-7-9-34(10-8-16)25(36)12-17-5-6-20(28)21(29)11-17/h1-6,11,13,15-16,31H,7-10,12,14H2. The lowest BCUT2D eigenvalue weighted by Gasteiger charge is -2.32. The maximum atomic E-state index is 12.8. The molecule has 10 heteroatoms. The molecule has 0 unspecified atom stereocenters. The number of aromatic nitrogens is 3. The van der Waals surface area contributed by atoms with E-state index in [2.05, 4.69) is 15.4 Å². The summed E-state index contributed by atoms with van der Waals surface area (Å²) in [7, 11) is 0. The number of hydrogen-bond donors (Lipinski definition) is 1. The lowest BCUT2D eigenvalue weighted by Crippen LogP contribution is -2.40. The highest BCUT2D eigenvalue weighted by Gasteiger charge is 2.23. The lowest BCUT2D eigenvalue weighted by atomic mass is 9.96. The number of nitrogens with zero attached hydrogens (tertiary/aromatic N) is 4. The largest absolute Gasteiger partial charge is 0.370 e. The fourth-order valence-corrected chi connectivity index (χ4v) is 5.16. The van der Waals surface area contributed by atoms with Crippen LogP contribution in [0.3, 0.4) is 0 Å². The molecule has 2 aromatic carbocycles. The van der Waals surface area contributed by atoms with Gasteiger partial charge in [-0.25, -0.2) is 4.98 Å². The Bertz CT molecular complexity index is 1410. The van der Waals surface area contributed by atoms with Crippen LogP contribution in [0.1, 0.15) is 18.4 Å². The van der Waals surface area contributed by atoms with E-state index in [-0.39, 0.29) is 5.91 Å². The minimum absolute atomic E-state index is 0.103. The van der Waals surface area contributed by atoms with Crippen LogP contribution in [0, 0.1) is 5.92 Å². The van der Waals surface area contributed by atoms with Crippen LogP contribution in [0.2, 0.25) is 20.1 Å². The van der Waals surface area contributed by atoms with E-state index in [9.17, 15) is 4.79 Å². The molecular formula is C26H23Cl4N5O. The molecule has 1 N–H and O–H groups in total. The molecule has 1 saturated heterocycles. The van der Waals surface area contributed by atoms with Crippen LogP contribution in [-0.2, 0) is 11.2 Å². The summed E-state index contributed by atoms with van der Waals surface area (Å²) in [5.74, 6) is 1.31. The second-order valence-electron chi connectivity index (χ2n) is 8.86. The van der Waals surface area contributed by atoms with E-state index >= 15 is 0 Å². The Morgan fingerprint density at radius 2 is 1.72 bits per heavy atom. The third kappa shape index (κ3) is 5.42. The Labute approximate surface area is 229 Å². The van der Waals surface area contributed by atoms with Crippen LogP contribution in [0.5, 0.6) is 0 Å². The highest BCUT2D eigenvalue weighted by molar-refractivity contribution is 6.42. The van der Waals surface area contributed by atoms with Gasteiger partial charge in [-0.15, -0.1) is 0 Å². The molecule has 6 nitrogen and oxygen atoms in total. The summed E-state index contributed by atoms with van der Waals surface area (Å²) in [6, 6.07) is 14.8. The third-order valence-corrected chi connectivity index (χ3v) is 7.79. The van der Waals surface area contributed by atoms with Crippen molar-refractivity contribution < 1.29 is 4.79 Å². The first-order valence-corrected chi connectivity index (χ1v) is 13.1. The number of likely N-dealkylation sites (tertiary alicyclic amines) is 1. The molecule has 1 amide bonds. The van der Waals surface area contributed by atoms with Gasteiger partial charge in [-0.3, -0.25) is 4.79 Å². The summed E-state index contributed by atoms with van der Waals surface area (Å²) in [5, 5.41) is 9.95. The number of halogens is 4. The highest BCUT2D eigenvalue weighted by Crippen LogP contribution is 2.31. The molecule has 36 heavy (non-hydrogen) atoms. The van der Waals surface area contributed by atoms with Crippen molar-refractivity contribution in [3.05, 3.63) is 80.4 Å². The number of nitrogens with one attached hydrogen (secondary N) is 1. The van der Waals surface area contributed by atoms with Gasteiger partial charge < -0.3 is 10.2 Å². The molecule has 1 fully saturated rings. The van der Waals surface area contributed by atoms with Crippen molar-refractivity contribution in [2.75, 3.05) is 25.0 Å². The van der Waals surface area contributed by atoms with Crippen molar-refractivity contribution in [2.45, 2.75) is 19.3 Å². The van der Waals surface area contributed by atoms with E-state index in [4.69, 9.17) is 46.4 Å². The Kier molecular flexibility index (Phi) is 7.58. The molecule has 0 radical (unpaired) electrons. The van der Waals surface area contributed by atoms with Gasteiger partial charge in [0, 0.05) is 36.3 Å². The van der Waals surface area contributed by atoms with E-state index in [0.717, 1.165) is 55.1 Å². The van der Waals surface area contributed by atoms with Crippen molar-refractivity contribution >= 4 is 63.8 Å². The van der Waals surface area contributed by atoms with Crippen molar-refractivity contribution in [1.29, 1.82) is 0 Å². The second-order valence-corrected chi connectivity index (χ2v) is 10.5. The first-order chi connectivity index (χ1) is 17.4. The van der Waals surface area contributed by atoms with E-state index < -0.39 is 0 Å². The van der Waals surface area contributed by atoms with Crippen molar-refractivity contribution in [2.24, 2.45) is 5.92 Å². The van der Waals surface area contributed by atoms with Crippen LogP contribution in [0.25, 0.3) is 16.9 Å². The van der Waals surface area contributed by atoms with Gasteiger partial charge in [-0.05, 0) is 42.5 Å². The molecule has 3 heterocycles. The average molecular weight is 563 g/mol. The first kappa shape index (κ1) is 25.2. The van der Waals surface area contributed by atoms with Gasteiger partial charge in [0.05, 0.1) is 28.4 Å². The molecule has 5 rings (SSSR count). The highest BCUT2D eigenvalue weighted by atomic mass is 35.5. The number of anilines is 1. The number of rotatable bonds is 6. The van der Waals surface area contributed by atoms with E-state index in [1.807, 2.05) is 41.3 Å². The van der Waals surface area contributed by atoms with Gasteiger partial charge in [0.1, 0.15) is 10.8 Å². The molecule has 0 spiro atoms. The predicted molar refractivity (Wildman–Crippen MR) is 146 cm³/mol. The van der Waals surface area contributed by atoms with Crippen molar-refractivity contribution in [3.63, 3.8) is 0 Å². The number of carbonyl (C=O) groups excluding carboxylic acids is 1. The van der Waals surface area contributed by atoms with Gasteiger partial charge in [0.2, 0.25) is 5.91 Å². The smallest absolute Gasteiger partial charge is 0.226 e. The van der Waals surface area contributed by atoms with E-state index in [1.54, 1.807) is 22.8 Å². The number of hydrogen-bond acceptors (Lipinski definition) is 4. The van der Waals surface area contributed by atoms with Gasteiger partial charge in [-0.2, -0.15) is 9.61 Å². The molecule has 0 atom stereocenters. The summed E-state index contributed by atoms with van der Waals surface area (Å²) in [6.45, 7) is 2.18. The van der Waals surface area contributed by atoms with Crippen LogP contribution in [0.4, 0.5) is 5.82 Å². The molecule has 0 bridgehead atoms. The fraction of sp³-hybridized carbons (Fsp3) is 0.269. The fourth-order valence-electron chi connectivity index (χ4n) is 4.44. The number of fused-ring (bicyclic) bond motifs is 1. The summed E-state index contributed by atoms with van der Waals surface area (Å²) >= 11 is 24.8. The monoisotopic (exact) mass is 561 g/mol. The number of benzene rings is 2. The van der Waals surface area contributed by atoms with Gasteiger partial charge in [0.25, 0.3) is 0 Å². The maximum Gasteiger partial charge on any atom is 0.226 e. The summed E-state index contributed by atoms with van der Waals surface area (Å²) < 4.78 is 1.71. The van der Waals surface area contributed by atoms with E-state index in [0.29, 0.717) is 38.1 Å². The van der Waals surface area contributed by atoms with Gasteiger partial charge in [-0.1, -0.05) is 70.7 Å². The molecule has 0 saturated carbocycles. The van der Waals surface area contributed by atoms with Crippen LogP contribution in [0.15, 0.2) is 54.7 Å². The molecule has 4 aromatic rings. The molecule has 186 valence electrons. The quantitative estimate of drug-likeness (QED) is 0.277. The molecule has 1 aliphatic heterocycles. The topological polar surface area (TPSA) is 62.5 Å². The zero-order valence-electron chi connectivity index (χ0n) is 19.2. The maximum absolute atomic E-state index is 12.8. The molecular weight excluding hydrogens is 540 g/mol. The van der Waals surface area contributed by atoms with Crippen LogP contribution >= 0.6 is 46.4 Å². The minimum atomic E-state index is 0.103. The molecule has 1 aliphatic rings. The molecule has 0 aliphatic carbocycles. The summed E-state index contributed by atoms with van der Waals surface area (Å²) in [4.78, 5) is 19.4. The average Bonchev–Trinajstić information content (AvgIpc) is 3.26. The lowest BCUT2D eigenvalue weighted by molar-refractivity contribution is -0.131. The van der Waals surface area contributed by atoms with E-state index in [1.165, 1.54) is 0 Å². The van der Waals surface area contributed by atoms with Crippen LogP contribution < -0.4 is 5.32 Å². The molecule has 2 aromatic heterocycles. The summed E-state index contributed by atoms with van der Waals surface area (Å²) in [6.07, 6.45) is 3.72.